The molecule has 35 heavy (non-hydrogen) atoms. The first-order valence-electron chi connectivity index (χ1n) is 10.7. The lowest BCUT2D eigenvalue weighted by molar-refractivity contribution is 0.0992. The van der Waals surface area contributed by atoms with Crippen molar-refractivity contribution in [2.75, 3.05) is 10.0 Å². The Balaban J connectivity index is 1.38. The number of benzene rings is 3. The molecule has 180 valence electrons. The first kappa shape index (κ1) is 24.0. The summed E-state index contributed by atoms with van der Waals surface area (Å²) in [5.41, 5.74) is 2.58. The number of hydrogen-bond acceptors (Lipinski definition) is 5. The van der Waals surface area contributed by atoms with Crippen LogP contribution in [0.2, 0.25) is 0 Å². The van der Waals surface area contributed by atoms with Crippen LogP contribution in [0.3, 0.4) is 0 Å². The Morgan fingerprint density at radius 1 is 0.914 bits per heavy atom. The summed E-state index contributed by atoms with van der Waals surface area (Å²) < 4.78 is 52.2. The number of furan rings is 1. The zero-order valence-electron chi connectivity index (χ0n) is 19.0. The molecule has 7 nitrogen and oxygen atoms in total. The quantitative estimate of drug-likeness (QED) is 0.329. The minimum Gasteiger partial charge on any atom is -0.486 e. The second-order valence-corrected chi connectivity index (χ2v) is 9.54. The van der Waals surface area contributed by atoms with Gasteiger partial charge in [-0.1, -0.05) is 18.2 Å². The number of rotatable bonds is 8. The Labute approximate surface area is 202 Å². The van der Waals surface area contributed by atoms with E-state index >= 15 is 0 Å². The van der Waals surface area contributed by atoms with Crippen LogP contribution in [0.4, 0.5) is 15.8 Å². The minimum atomic E-state index is -3.80. The Bertz CT molecular complexity index is 1430. The first-order valence-corrected chi connectivity index (χ1v) is 12.2. The van der Waals surface area contributed by atoms with Crippen LogP contribution < -0.4 is 14.8 Å². The van der Waals surface area contributed by atoms with Gasteiger partial charge in [-0.3, -0.25) is 9.52 Å². The van der Waals surface area contributed by atoms with Gasteiger partial charge in [0.25, 0.3) is 15.9 Å². The highest BCUT2D eigenvalue weighted by molar-refractivity contribution is 7.92. The molecule has 0 radical (unpaired) electrons. The van der Waals surface area contributed by atoms with Gasteiger partial charge in [0.05, 0.1) is 10.6 Å². The van der Waals surface area contributed by atoms with Crippen LogP contribution in [-0.4, -0.2) is 14.3 Å². The van der Waals surface area contributed by atoms with Crippen molar-refractivity contribution in [3.63, 3.8) is 0 Å². The van der Waals surface area contributed by atoms with Crippen LogP contribution in [0.5, 0.6) is 5.75 Å². The average molecular weight is 495 g/mol. The summed E-state index contributed by atoms with van der Waals surface area (Å²) in [4.78, 5) is 12.6. The Hall–Kier alpha value is -4.11. The van der Waals surface area contributed by atoms with Crippen LogP contribution in [0, 0.1) is 19.7 Å². The van der Waals surface area contributed by atoms with Gasteiger partial charge < -0.3 is 14.5 Å². The number of nitrogens with one attached hydrogen (secondary N) is 2. The molecule has 0 saturated heterocycles. The molecule has 0 spiro atoms. The van der Waals surface area contributed by atoms with Gasteiger partial charge in [0.2, 0.25) is 0 Å². The lowest BCUT2D eigenvalue weighted by Crippen LogP contribution is -2.15. The standard InChI is InChI=1S/C26H23FN2O5S/c1-17-4-3-5-18(2)25(17)29-35(31,32)23-13-8-20(9-14-23)28-26(30)24-15-12-22(34-24)16-33-21-10-6-19(27)7-11-21/h3-15,29H,16H2,1-2H3,(H,28,30). The lowest BCUT2D eigenvalue weighted by Gasteiger charge is -2.13. The van der Waals surface area contributed by atoms with Crippen molar-refractivity contribution in [2.45, 2.75) is 25.3 Å². The molecule has 0 aliphatic heterocycles. The number of halogens is 1. The lowest BCUT2D eigenvalue weighted by atomic mass is 10.1. The van der Waals surface area contributed by atoms with Crippen LogP contribution in [0.15, 0.2) is 88.2 Å². The molecule has 0 unspecified atom stereocenters. The molecular formula is C26H23FN2O5S. The molecule has 0 aliphatic rings. The van der Waals surface area contributed by atoms with Crippen molar-refractivity contribution in [3.8, 4) is 5.75 Å². The summed E-state index contributed by atoms with van der Waals surface area (Å²) in [5, 5.41) is 2.67. The van der Waals surface area contributed by atoms with Gasteiger partial charge in [-0.2, -0.15) is 0 Å². The third-order valence-corrected chi connectivity index (χ3v) is 6.59. The van der Waals surface area contributed by atoms with Gasteiger partial charge in [-0.05, 0) is 85.6 Å². The van der Waals surface area contributed by atoms with E-state index in [9.17, 15) is 17.6 Å². The number of ether oxygens (including phenoxy) is 1. The summed E-state index contributed by atoms with van der Waals surface area (Å²) in [6.45, 7) is 3.73. The second kappa shape index (κ2) is 10.0. The third kappa shape index (κ3) is 5.88. The third-order valence-electron chi connectivity index (χ3n) is 5.22. The largest absolute Gasteiger partial charge is 0.486 e. The van der Waals surface area contributed by atoms with Crippen molar-refractivity contribution < 1.29 is 26.8 Å². The molecule has 4 aromatic rings. The summed E-state index contributed by atoms with van der Waals surface area (Å²) in [7, 11) is -3.80. The Kier molecular flexibility index (Phi) is 6.88. The van der Waals surface area contributed by atoms with E-state index in [1.54, 1.807) is 6.07 Å². The van der Waals surface area contributed by atoms with E-state index in [-0.39, 0.29) is 23.1 Å². The average Bonchev–Trinajstić information content (AvgIpc) is 3.31. The highest BCUT2D eigenvalue weighted by Gasteiger charge is 2.17. The number of sulfonamides is 1. The van der Waals surface area contributed by atoms with Gasteiger partial charge >= 0.3 is 0 Å². The van der Waals surface area contributed by atoms with E-state index in [1.165, 1.54) is 54.6 Å². The fourth-order valence-electron chi connectivity index (χ4n) is 3.34. The summed E-state index contributed by atoms with van der Waals surface area (Å²) in [6, 6.07) is 20.0. The molecule has 3 aromatic carbocycles. The van der Waals surface area contributed by atoms with Gasteiger partial charge in [0, 0.05) is 5.69 Å². The topological polar surface area (TPSA) is 97.6 Å². The zero-order chi connectivity index (χ0) is 25.0. The maximum absolute atomic E-state index is 13.0. The molecule has 2 N–H and O–H groups in total. The predicted octanol–water partition coefficient (Wildman–Crippen LogP) is 5.67. The fraction of sp³-hybridized carbons (Fsp3) is 0.115. The van der Waals surface area contributed by atoms with Crippen molar-refractivity contribution in [1.82, 2.24) is 0 Å². The highest BCUT2D eigenvalue weighted by Crippen LogP contribution is 2.24. The van der Waals surface area contributed by atoms with E-state index in [1.807, 2.05) is 32.0 Å². The van der Waals surface area contributed by atoms with Crippen LogP contribution >= 0.6 is 0 Å². The molecule has 1 aromatic heterocycles. The van der Waals surface area contributed by atoms with Crippen molar-refractivity contribution in [1.29, 1.82) is 0 Å². The van der Waals surface area contributed by atoms with E-state index in [2.05, 4.69) is 10.0 Å². The second-order valence-electron chi connectivity index (χ2n) is 7.86. The molecule has 0 saturated carbocycles. The van der Waals surface area contributed by atoms with E-state index in [0.717, 1.165) is 11.1 Å². The van der Waals surface area contributed by atoms with Crippen LogP contribution in [-0.2, 0) is 16.6 Å². The van der Waals surface area contributed by atoms with Crippen LogP contribution in [0.1, 0.15) is 27.4 Å². The first-order chi connectivity index (χ1) is 16.7. The minimum absolute atomic E-state index is 0.0658. The highest BCUT2D eigenvalue weighted by atomic mass is 32.2. The molecule has 0 fully saturated rings. The molecule has 0 aliphatic carbocycles. The fourth-order valence-corrected chi connectivity index (χ4v) is 4.54. The Morgan fingerprint density at radius 3 is 2.23 bits per heavy atom. The summed E-state index contributed by atoms with van der Waals surface area (Å²) in [6.07, 6.45) is 0. The maximum Gasteiger partial charge on any atom is 0.291 e. The maximum atomic E-state index is 13.0. The van der Waals surface area contributed by atoms with E-state index < -0.39 is 15.9 Å². The molecule has 4 rings (SSSR count). The predicted molar refractivity (Wildman–Crippen MR) is 131 cm³/mol. The van der Waals surface area contributed by atoms with Gasteiger partial charge in [-0.15, -0.1) is 0 Å². The number of para-hydroxylation sites is 1. The number of hydrogen-bond donors (Lipinski definition) is 2. The smallest absolute Gasteiger partial charge is 0.291 e. The molecular weight excluding hydrogens is 471 g/mol. The number of carbonyl (C=O) groups excluding carboxylic acids is 1. The van der Waals surface area contributed by atoms with Crippen molar-refractivity contribution in [3.05, 3.63) is 107 Å². The number of anilines is 2. The summed E-state index contributed by atoms with van der Waals surface area (Å²) in [5.74, 6) is 0.0883. The van der Waals surface area contributed by atoms with Crippen LogP contribution in [0.25, 0.3) is 0 Å². The van der Waals surface area contributed by atoms with Gasteiger partial charge in [0.15, 0.2) is 5.76 Å². The van der Waals surface area contributed by atoms with E-state index in [4.69, 9.17) is 9.15 Å². The summed E-state index contributed by atoms with van der Waals surface area (Å²) >= 11 is 0. The van der Waals surface area contributed by atoms with Gasteiger partial charge in [0.1, 0.15) is 23.9 Å². The SMILES string of the molecule is Cc1cccc(C)c1NS(=O)(=O)c1ccc(NC(=O)c2ccc(COc3ccc(F)cc3)o2)cc1. The molecule has 0 atom stereocenters. The number of carbonyl (C=O) groups is 1. The van der Waals surface area contributed by atoms with Gasteiger partial charge in [-0.25, -0.2) is 12.8 Å². The molecule has 9 heteroatoms. The molecule has 1 amide bonds. The molecule has 1 heterocycles. The zero-order valence-corrected chi connectivity index (χ0v) is 19.9. The normalized spacial score (nSPS) is 11.2. The molecule has 0 bridgehead atoms. The Morgan fingerprint density at radius 2 is 1.57 bits per heavy atom. The monoisotopic (exact) mass is 494 g/mol. The number of amides is 1. The van der Waals surface area contributed by atoms with E-state index in [0.29, 0.717) is 22.9 Å². The van der Waals surface area contributed by atoms with Crippen molar-refractivity contribution in [2.24, 2.45) is 0 Å². The van der Waals surface area contributed by atoms with Crippen molar-refractivity contribution >= 4 is 27.3 Å². The number of aryl methyl sites for hydroxylation is 2.